The van der Waals surface area contributed by atoms with Crippen LogP contribution in [0.5, 0.6) is 0 Å². The largest absolute Gasteiger partial charge is 0.333 e. The molecule has 2 aliphatic rings. The van der Waals surface area contributed by atoms with Crippen LogP contribution in [0.2, 0.25) is 0 Å². The van der Waals surface area contributed by atoms with Crippen molar-refractivity contribution >= 4 is 70.3 Å². The molecule has 0 fully saturated rings. The summed E-state index contributed by atoms with van der Waals surface area (Å²) < 4.78 is 5.12. The second kappa shape index (κ2) is 14.8. The van der Waals surface area contributed by atoms with Gasteiger partial charge in [0.15, 0.2) is 0 Å². The summed E-state index contributed by atoms with van der Waals surface area (Å²) in [6, 6.07) is 66.4. The van der Waals surface area contributed by atoms with Gasteiger partial charge >= 0.3 is 0 Å². The van der Waals surface area contributed by atoms with Gasteiger partial charge in [0.05, 0.1) is 17.1 Å². The van der Waals surface area contributed by atoms with Gasteiger partial charge in [0, 0.05) is 53.9 Å². The SMILES string of the molecule is CC(C)(C)c1ccc2c(c1)C1C=C(c3cccc(-c4cccc(-c5ccc6c(c5)c5cc(C(C)(C)C)ccc5n6-c5ccc6sc7ccccc7c6c5)c4)c3)C=CC1N2c1ccccc1. The zero-order valence-electron chi connectivity index (χ0n) is 37.9. The number of para-hydroxylation sites is 1. The Morgan fingerprint density at radius 3 is 1.82 bits per heavy atom. The van der Waals surface area contributed by atoms with Crippen molar-refractivity contribution in [2.24, 2.45) is 0 Å². The van der Waals surface area contributed by atoms with Gasteiger partial charge in [-0.2, -0.15) is 0 Å². The molecule has 2 unspecified atom stereocenters. The van der Waals surface area contributed by atoms with E-state index in [4.69, 9.17) is 0 Å². The summed E-state index contributed by atoms with van der Waals surface area (Å²) >= 11 is 1.87. The fraction of sp³-hybridized carbons (Fsp3) is 0.161. The molecule has 2 aromatic heterocycles. The van der Waals surface area contributed by atoms with E-state index in [9.17, 15) is 0 Å². The number of allylic oxidation sites excluding steroid dienone is 2. The lowest BCUT2D eigenvalue weighted by Gasteiger charge is -2.29. The van der Waals surface area contributed by atoms with Crippen LogP contribution in [0.1, 0.15) is 69.7 Å². The van der Waals surface area contributed by atoms with Gasteiger partial charge in [-0.3, -0.25) is 0 Å². The first-order valence-electron chi connectivity index (χ1n) is 23.1. The maximum absolute atomic E-state index is 2.53. The predicted octanol–water partition coefficient (Wildman–Crippen LogP) is 17.3. The number of nitrogens with zero attached hydrogens (tertiary/aromatic N) is 2. The molecule has 0 N–H and O–H groups in total. The Morgan fingerprint density at radius 1 is 0.446 bits per heavy atom. The van der Waals surface area contributed by atoms with Gasteiger partial charge in [-0.15, -0.1) is 11.3 Å². The van der Waals surface area contributed by atoms with Gasteiger partial charge in [-0.05, 0) is 140 Å². The summed E-state index contributed by atoms with van der Waals surface area (Å²) in [6.45, 7) is 13.9. The molecule has 8 aromatic carbocycles. The molecule has 12 rings (SSSR count). The lowest BCUT2D eigenvalue weighted by Crippen LogP contribution is -2.28. The highest BCUT2D eigenvalue weighted by Crippen LogP contribution is 2.50. The second-order valence-corrected chi connectivity index (χ2v) is 21.3. The van der Waals surface area contributed by atoms with Crippen molar-refractivity contribution < 1.29 is 0 Å². The number of hydrogen-bond donors (Lipinski definition) is 0. The molecular formula is C62H52N2S. The van der Waals surface area contributed by atoms with Crippen LogP contribution >= 0.6 is 11.3 Å². The molecule has 1 aliphatic carbocycles. The highest BCUT2D eigenvalue weighted by atomic mass is 32.1. The average Bonchev–Trinajstić information content (AvgIpc) is 3.97. The van der Waals surface area contributed by atoms with Crippen molar-refractivity contribution in [2.75, 3.05) is 4.90 Å². The molecule has 10 aromatic rings. The maximum Gasteiger partial charge on any atom is 0.0630 e. The number of hydrogen-bond acceptors (Lipinski definition) is 2. The Bertz CT molecular complexity index is 3580. The van der Waals surface area contributed by atoms with Gasteiger partial charge < -0.3 is 9.47 Å². The first kappa shape index (κ1) is 39.6. The van der Waals surface area contributed by atoms with E-state index in [1.54, 1.807) is 0 Å². The second-order valence-electron chi connectivity index (χ2n) is 20.2. The minimum Gasteiger partial charge on any atom is -0.333 e. The summed E-state index contributed by atoms with van der Waals surface area (Å²) in [6.07, 6.45) is 7.30. The van der Waals surface area contributed by atoms with Crippen LogP contribution in [-0.4, -0.2) is 10.6 Å². The first-order valence-corrected chi connectivity index (χ1v) is 23.9. The minimum atomic E-state index is 0.0304. The van der Waals surface area contributed by atoms with Crippen LogP contribution in [-0.2, 0) is 10.8 Å². The molecule has 0 saturated carbocycles. The quantitative estimate of drug-likeness (QED) is 0.167. The molecule has 316 valence electrons. The first-order chi connectivity index (χ1) is 31.5. The van der Waals surface area contributed by atoms with Crippen LogP contribution in [0.3, 0.4) is 0 Å². The van der Waals surface area contributed by atoms with E-state index in [2.05, 4.69) is 245 Å². The highest BCUT2D eigenvalue weighted by Gasteiger charge is 2.39. The monoisotopic (exact) mass is 856 g/mol. The lowest BCUT2D eigenvalue weighted by molar-refractivity contribution is 0.589. The third-order valence-electron chi connectivity index (χ3n) is 14.0. The molecular weight excluding hydrogens is 805 g/mol. The molecule has 2 nitrogen and oxygen atoms in total. The van der Waals surface area contributed by atoms with Crippen molar-refractivity contribution in [2.45, 2.75) is 64.3 Å². The summed E-state index contributed by atoms with van der Waals surface area (Å²) in [7, 11) is 0. The zero-order chi connectivity index (χ0) is 44.2. The predicted molar refractivity (Wildman–Crippen MR) is 281 cm³/mol. The topological polar surface area (TPSA) is 8.17 Å². The smallest absolute Gasteiger partial charge is 0.0630 e. The molecule has 3 heteroatoms. The third kappa shape index (κ3) is 6.67. The number of benzene rings is 8. The molecule has 0 radical (unpaired) electrons. The van der Waals surface area contributed by atoms with Gasteiger partial charge in [0.2, 0.25) is 0 Å². The molecule has 0 spiro atoms. The Labute approximate surface area is 386 Å². The Kier molecular flexibility index (Phi) is 9.03. The molecule has 0 amide bonds. The summed E-state index contributed by atoms with van der Waals surface area (Å²) in [4.78, 5) is 2.53. The molecule has 65 heavy (non-hydrogen) atoms. The van der Waals surface area contributed by atoms with E-state index in [0.29, 0.717) is 0 Å². The number of fused-ring (bicyclic) bond motifs is 9. The van der Waals surface area contributed by atoms with Crippen LogP contribution < -0.4 is 4.90 Å². The lowest BCUT2D eigenvalue weighted by atomic mass is 9.82. The van der Waals surface area contributed by atoms with E-state index in [1.807, 2.05) is 11.3 Å². The number of anilines is 2. The van der Waals surface area contributed by atoms with Crippen LogP contribution in [0, 0.1) is 0 Å². The van der Waals surface area contributed by atoms with Crippen molar-refractivity contribution in [3.05, 3.63) is 216 Å². The van der Waals surface area contributed by atoms with E-state index in [1.165, 1.54) is 109 Å². The van der Waals surface area contributed by atoms with E-state index in [-0.39, 0.29) is 22.8 Å². The molecule has 1 aliphatic heterocycles. The fourth-order valence-corrected chi connectivity index (χ4v) is 11.6. The Balaban J connectivity index is 0.922. The van der Waals surface area contributed by atoms with E-state index < -0.39 is 0 Å². The minimum absolute atomic E-state index is 0.0304. The van der Waals surface area contributed by atoms with Crippen molar-refractivity contribution in [1.82, 2.24) is 4.57 Å². The molecule has 2 atom stereocenters. The molecule has 3 heterocycles. The third-order valence-corrected chi connectivity index (χ3v) is 15.2. The summed E-state index contributed by atoms with van der Waals surface area (Å²) in [5, 5.41) is 5.20. The van der Waals surface area contributed by atoms with Gasteiger partial charge in [0.25, 0.3) is 0 Å². The summed E-state index contributed by atoms with van der Waals surface area (Å²) in [5.41, 5.74) is 17.8. The Hall–Kier alpha value is -6.94. The molecule has 0 bridgehead atoms. The van der Waals surface area contributed by atoms with Crippen LogP contribution in [0.4, 0.5) is 11.4 Å². The number of aromatic nitrogens is 1. The number of rotatable bonds is 5. The Morgan fingerprint density at radius 2 is 1.06 bits per heavy atom. The number of thiophene rings is 1. The normalized spacial score (nSPS) is 16.2. The summed E-state index contributed by atoms with van der Waals surface area (Å²) in [5.74, 6) is 0.248. The van der Waals surface area contributed by atoms with Crippen molar-refractivity contribution in [3.8, 4) is 27.9 Å². The van der Waals surface area contributed by atoms with Gasteiger partial charge in [-0.1, -0.05) is 157 Å². The van der Waals surface area contributed by atoms with Crippen LogP contribution in [0.15, 0.2) is 194 Å². The van der Waals surface area contributed by atoms with Gasteiger partial charge in [0.1, 0.15) is 0 Å². The van der Waals surface area contributed by atoms with Crippen LogP contribution in [0.25, 0.3) is 75.5 Å². The van der Waals surface area contributed by atoms with E-state index >= 15 is 0 Å². The van der Waals surface area contributed by atoms with Crippen molar-refractivity contribution in [3.63, 3.8) is 0 Å². The maximum atomic E-state index is 2.53. The average molecular weight is 857 g/mol. The standard InChI is InChI=1S/C62H52N2S/c1-61(2,3)45-24-29-57-52(36-45)50-34-43(22-27-55(50)63(57)47-18-8-7-9-19-47)41-16-12-14-39(32-41)40-15-13-17-42(33-40)44-23-28-56-51(35-44)53-37-46(62(4,5)6)25-30-58(53)64(56)48-26-31-60-54(38-48)49-20-10-11-21-59(49)65-60/h7-38,50,55H,1-6H3. The zero-order valence-corrected chi connectivity index (χ0v) is 38.7. The van der Waals surface area contributed by atoms with Gasteiger partial charge in [-0.25, -0.2) is 0 Å². The van der Waals surface area contributed by atoms with Crippen molar-refractivity contribution in [1.29, 1.82) is 0 Å². The molecule has 0 saturated heterocycles. The fourth-order valence-electron chi connectivity index (χ4n) is 10.5. The van der Waals surface area contributed by atoms with E-state index in [0.717, 1.165) is 0 Å². The highest BCUT2D eigenvalue weighted by molar-refractivity contribution is 7.25.